The number of carbonyl (C=O) groups is 1. The summed E-state index contributed by atoms with van der Waals surface area (Å²) in [4.78, 5) is 12.3. The van der Waals surface area contributed by atoms with Gasteiger partial charge in [0, 0.05) is 6.07 Å². The average molecular weight is 368 g/mol. The quantitative estimate of drug-likeness (QED) is 0.558. The molecule has 130 valence electrons. The average Bonchev–Trinajstić information content (AvgIpc) is 2.57. The summed E-state index contributed by atoms with van der Waals surface area (Å²) in [5.74, 6) is -0.958. The second-order valence-electron chi connectivity index (χ2n) is 4.63. The molecule has 0 atom stereocenters. The number of hydrogen-bond donors (Lipinski definition) is 0. The van der Waals surface area contributed by atoms with Gasteiger partial charge >= 0.3 is 12.6 Å². The summed E-state index contributed by atoms with van der Waals surface area (Å²) >= 11 is 6.05. The van der Waals surface area contributed by atoms with Gasteiger partial charge in [0.15, 0.2) is 11.5 Å². The van der Waals surface area contributed by atoms with Crippen molar-refractivity contribution in [1.29, 1.82) is 5.26 Å². The van der Waals surface area contributed by atoms with Crippen molar-refractivity contribution in [2.75, 3.05) is 6.61 Å². The number of halogens is 3. The van der Waals surface area contributed by atoms with Crippen LogP contribution in [0.4, 0.5) is 8.78 Å². The summed E-state index contributed by atoms with van der Waals surface area (Å²) in [6.45, 7) is -1.04. The zero-order valence-corrected chi connectivity index (χ0v) is 13.7. The monoisotopic (exact) mass is 367 g/mol. The van der Waals surface area contributed by atoms with Crippen molar-refractivity contribution in [3.05, 3.63) is 52.5 Å². The van der Waals surface area contributed by atoms with E-state index in [1.807, 2.05) is 6.07 Å². The second-order valence-corrected chi connectivity index (χ2v) is 5.03. The van der Waals surface area contributed by atoms with Crippen LogP contribution < -0.4 is 14.2 Å². The first-order valence-corrected chi connectivity index (χ1v) is 7.46. The summed E-state index contributed by atoms with van der Waals surface area (Å²) in [5.41, 5.74) is 0.224. The molecule has 0 amide bonds. The topological polar surface area (TPSA) is 68.5 Å². The maximum Gasteiger partial charge on any atom is 0.387 e. The lowest BCUT2D eigenvalue weighted by molar-refractivity contribution is -0.0499. The molecule has 2 aromatic rings. The van der Waals surface area contributed by atoms with E-state index in [1.165, 1.54) is 30.3 Å². The maximum absolute atomic E-state index is 12.3. The number of ether oxygens (including phenoxy) is 3. The van der Waals surface area contributed by atoms with E-state index in [-0.39, 0.29) is 40.0 Å². The molecule has 5 nitrogen and oxygen atoms in total. The molecule has 25 heavy (non-hydrogen) atoms. The lowest BCUT2D eigenvalue weighted by Gasteiger charge is -2.13. The molecule has 0 radical (unpaired) electrons. The third-order valence-corrected chi connectivity index (χ3v) is 3.21. The molecule has 0 saturated carbocycles. The Balaban J connectivity index is 2.30. The van der Waals surface area contributed by atoms with Gasteiger partial charge in [-0.2, -0.15) is 14.0 Å². The van der Waals surface area contributed by atoms with Gasteiger partial charge in [-0.05, 0) is 31.2 Å². The summed E-state index contributed by atoms with van der Waals surface area (Å²) in [6, 6.07) is 9.76. The van der Waals surface area contributed by atoms with Gasteiger partial charge in [-0.15, -0.1) is 0 Å². The maximum atomic E-state index is 12.3. The van der Waals surface area contributed by atoms with Crippen LogP contribution in [-0.2, 0) is 0 Å². The Labute approximate surface area is 147 Å². The van der Waals surface area contributed by atoms with E-state index in [1.54, 1.807) is 6.92 Å². The van der Waals surface area contributed by atoms with Gasteiger partial charge in [0.2, 0.25) is 0 Å². The Morgan fingerprint density at radius 1 is 1.32 bits per heavy atom. The fraction of sp³-hybridized carbons (Fsp3) is 0.176. The van der Waals surface area contributed by atoms with Crippen LogP contribution in [0.3, 0.4) is 0 Å². The Kier molecular flexibility index (Phi) is 6.14. The number of nitrogens with zero attached hydrogens (tertiary/aromatic N) is 1. The van der Waals surface area contributed by atoms with Gasteiger partial charge in [0.05, 0.1) is 28.8 Å². The summed E-state index contributed by atoms with van der Waals surface area (Å²) in [6.07, 6.45) is 0. The van der Waals surface area contributed by atoms with Crippen molar-refractivity contribution >= 4 is 17.6 Å². The van der Waals surface area contributed by atoms with E-state index in [0.717, 1.165) is 6.07 Å². The molecular formula is C17H12ClF2NO4. The number of rotatable bonds is 6. The third kappa shape index (κ3) is 4.81. The first kappa shape index (κ1) is 18.5. The van der Waals surface area contributed by atoms with Gasteiger partial charge in [0.25, 0.3) is 0 Å². The predicted molar refractivity (Wildman–Crippen MR) is 85.4 cm³/mol. The number of hydrogen-bond acceptors (Lipinski definition) is 5. The van der Waals surface area contributed by atoms with Crippen LogP contribution in [0.25, 0.3) is 0 Å². The van der Waals surface area contributed by atoms with Gasteiger partial charge in [-0.1, -0.05) is 17.7 Å². The molecule has 0 bridgehead atoms. The van der Waals surface area contributed by atoms with Crippen molar-refractivity contribution in [3.8, 4) is 23.3 Å². The normalized spacial score (nSPS) is 10.2. The van der Waals surface area contributed by atoms with Crippen LogP contribution in [-0.4, -0.2) is 19.2 Å². The molecule has 2 rings (SSSR count). The molecule has 0 heterocycles. The van der Waals surface area contributed by atoms with Crippen molar-refractivity contribution in [2.45, 2.75) is 13.5 Å². The fourth-order valence-corrected chi connectivity index (χ4v) is 2.19. The molecule has 2 aromatic carbocycles. The Bertz CT molecular complexity index is 821. The zero-order chi connectivity index (χ0) is 18.4. The largest absolute Gasteiger partial charge is 0.490 e. The Morgan fingerprint density at radius 3 is 2.72 bits per heavy atom. The lowest BCUT2D eigenvalue weighted by atomic mass is 10.2. The third-order valence-electron chi connectivity index (χ3n) is 2.93. The highest BCUT2D eigenvalue weighted by molar-refractivity contribution is 6.32. The van der Waals surface area contributed by atoms with E-state index >= 15 is 0 Å². The van der Waals surface area contributed by atoms with Crippen molar-refractivity contribution in [2.24, 2.45) is 0 Å². The number of nitriles is 1. The van der Waals surface area contributed by atoms with Crippen molar-refractivity contribution in [3.63, 3.8) is 0 Å². The van der Waals surface area contributed by atoms with E-state index in [9.17, 15) is 13.6 Å². The van der Waals surface area contributed by atoms with E-state index in [0.29, 0.717) is 0 Å². The van der Waals surface area contributed by atoms with Gasteiger partial charge in [-0.3, -0.25) is 0 Å². The molecule has 0 spiro atoms. The SMILES string of the molecule is CCOc1cc(C#N)cc(Cl)c1OC(=O)c1cccc(OC(F)F)c1. The number of carbonyl (C=O) groups excluding carboxylic acids is 1. The highest BCUT2D eigenvalue weighted by Gasteiger charge is 2.18. The number of benzene rings is 2. The van der Waals surface area contributed by atoms with E-state index in [2.05, 4.69) is 4.74 Å². The van der Waals surface area contributed by atoms with E-state index in [4.69, 9.17) is 26.3 Å². The van der Waals surface area contributed by atoms with Crippen molar-refractivity contribution in [1.82, 2.24) is 0 Å². The van der Waals surface area contributed by atoms with Crippen LogP contribution in [0.2, 0.25) is 5.02 Å². The smallest absolute Gasteiger partial charge is 0.387 e. The molecule has 0 aromatic heterocycles. The lowest BCUT2D eigenvalue weighted by Crippen LogP contribution is -2.11. The van der Waals surface area contributed by atoms with Crippen molar-refractivity contribution < 1.29 is 27.8 Å². The van der Waals surface area contributed by atoms with Crippen LogP contribution in [0, 0.1) is 11.3 Å². The highest BCUT2D eigenvalue weighted by Crippen LogP contribution is 2.37. The van der Waals surface area contributed by atoms with Gasteiger partial charge < -0.3 is 14.2 Å². The first-order chi connectivity index (χ1) is 11.9. The number of alkyl halides is 2. The number of esters is 1. The minimum absolute atomic E-state index is 0.0100. The summed E-state index contributed by atoms with van der Waals surface area (Å²) < 4.78 is 39.3. The zero-order valence-electron chi connectivity index (χ0n) is 13.0. The second kappa shape index (κ2) is 8.31. The Morgan fingerprint density at radius 2 is 2.08 bits per heavy atom. The molecule has 0 aliphatic carbocycles. The molecule has 0 unspecified atom stereocenters. The van der Waals surface area contributed by atoms with E-state index < -0.39 is 12.6 Å². The first-order valence-electron chi connectivity index (χ1n) is 7.08. The predicted octanol–water partition coefficient (Wildman–Crippen LogP) is 4.43. The fourth-order valence-electron chi connectivity index (χ4n) is 1.95. The molecule has 8 heteroatoms. The van der Waals surface area contributed by atoms with Gasteiger partial charge in [0.1, 0.15) is 5.75 Å². The standard InChI is InChI=1S/C17H12ClF2NO4/c1-2-23-14-7-10(9-21)6-13(18)15(14)25-16(22)11-4-3-5-12(8-11)24-17(19)20/h3-8,17H,2H2,1H3. The van der Waals surface area contributed by atoms with Crippen LogP contribution in [0.1, 0.15) is 22.8 Å². The summed E-state index contributed by atoms with van der Waals surface area (Å²) in [5, 5.41) is 8.97. The van der Waals surface area contributed by atoms with Crippen LogP contribution in [0.15, 0.2) is 36.4 Å². The summed E-state index contributed by atoms with van der Waals surface area (Å²) in [7, 11) is 0. The van der Waals surface area contributed by atoms with Gasteiger partial charge in [-0.25, -0.2) is 4.79 Å². The molecule has 0 N–H and O–H groups in total. The molecular weight excluding hydrogens is 356 g/mol. The molecule has 0 aliphatic heterocycles. The molecule has 0 aliphatic rings. The van der Waals surface area contributed by atoms with Crippen LogP contribution >= 0.6 is 11.6 Å². The molecule has 0 saturated heterocycles. The highest BCUT2D eigenvalue weighted by atomic mass is 35.5. The Hall–Kier alpha value is -2.85. The minimum atomic E-state index is -3.01. The minimum Gasteiger partial charge on any atom is -0.490 e. The van der Waals surface area contributed by atoms with Crippen LogP contribution in [0.5, 0.6) is 17.2 Å². The molecule has 0 fully saturated rings.